The molecule has 1 N–H and O–H groups in total. The fourth-order valence-corrected chi connectivity index (χ4v) is 4.38. The van der Waals surface area contributed by atoms with Gasteiger partial charge in [0.1, 0.15) is 0 Å². The van der Waals surface area contributed by atoms with Crippen molar-refractivity contribution in [1.82, 2.24) is 0 Å². The summed E-state index contributed by atoms with van der Waals surface area (Å²) in [7, 11) is 0. The SMILES string of the molecule is CC1Cc2ccccc2N1C(=O)C1CCC(C)(C(=O)O)C1(C)C. The van der Waals surface area contributed by atoms with E-state index >= 15 is 0 Å². The van der Waals surface area contributed by atoms with E-state index in [0.717, 1.165) is 12.1 Å². The number of nitrogens with zero attached hydrogens (tertiary/aromatic N) is 1. The maximum atomic E-state index is 13.3. The monoisotopic (exact) mass is 315 g/mol. The molecule has 1 heterocycles. The van der Waals surface area contributed by atoms with Crippen LogP contribution in [0.2, 0.25) is 0 Å². The van der Waals surface area contributed by atoms with Gasteiger partial charge in [-0.1, -0.05) is 32.0 Å². The van der Waals surface area contributed by atoms with Crippen LogP contribution in [-0.2, 0) is 16.0 Å². The smallest absolute Gasteiger partial charge is 0.309 e. The van der Waals surface area contributed by atoms with Gasteiger partial charge in [0.05, 0.1) is 5.41 Å². The second kappa shape index (κ2) is 5.08. The molecule has 2 aliphatic rings. The van der Waals surface area contributed by atoms with Gasteiger partial charge in [-0.15, -0.1) is 0 Å². The summed E-state index contributed by atoms with van der Waals surface area (Å²) in [6.07, 6.45) is 2.06. The third kappa shape index (κ3) is 2.11. The molecule has 3 unspecified atom stereocenters. The summed E-state index contributed by atoms with van der Waals surface area (Å²) in [6, 6.07) is 8.15. The highest BCUT2D eigenvalue weighted by atomic mass is 16.4. The number of hydrogen-bond donors (Lipinski definition) is 1. The molecule has 0 bridgehead atoms. The zero-order valence-corrected chi connectivity index (χ0v) is 14.3. The molecule has 124 valence electrons. The van der Waals surface area contributed by atoms with E-state index in [1.165, 1.54) is 5.56 Å². The van der Waals surface area contributed by atoms with Crippen molar-refractivity contribution in [3.8, 4) is 0 Å². The largest absolute Gasteiger partial charge is 0.481 e. The van der Waals surface area contributed by atoms with Gasteiger partial charge < -0.3 is 10.0 Å². The predicted octanol–water partition coefficient (Wildman–Crippen LogP) is 3.49. The number of para-hydroxylation sites is 1. The molecule has 3 rings (SSSR count). The van der Waals surface area contributed by atoms with Crippen molar-refractivity contribution in [3.05, 3.63) is 29.8 Å². The first-order valence-electron chi connectivity index (χ1n) is 8.34. The standard InChI is InChI=1S/C19H25NO3/c1-12-11-13-7-5-6-8-15(13)20(12)16(21)14-9-10-19(4,17(22)23)18(14,2)3/h5-8,12,14H,9-11H2,1-4H3,(H,22,23). The summed E-state index contributed by atoms with van der Waals surface area (Å²) in [5.41, 5.74) is 0.776. The Balaban J connectivity index is 1.95. The molecule has 0 aromatic heterocycles. The lowest BCUT2D eigenvalue weighted by Gasteiger charge is -2.39. The number of carboxylic acid groups (broad SMARTS) is 1. The van der Waals surface area contributed by atoms with Gasteiger partial charge >= 0.3 is 5.97 Å². The van der Waals surface area contributed by atoms with E-state index in [9.17, 15) is 14.7 Å². The van der Waals surface area contributed by atoms with E-state index in [0.29, 0.717) is 12.8 Å². The number of amides is 1. The average Bonchev–Trinajstić information content (AvgIpc) is 2.93. The Kier molecular flexibility index (Phi) is 3.54. The van der Waals surface area contributed by atoms with Crippen LogP contribution in [0.5, 0.6) is 0 Å². The minimum atomic E-state index is -0.851. The van der Waals surface area contributed by atoms with Crippen molar-refractivity contribution in [2.75, 3.05) is 4.90 Å². The highest BCUT2D eigenvalue weighted by Gasteiger charge is 2.59. The van der Waals surface area contributed by atoms with Crippen LogP contribution in [0.4, 0.5) is 5.69 Å². The van der Waals surface area contributed by atoms with Crippen LogP contribution in [-0.4, -0.2) is 23.0 Å². The Hall–Kier alpha value is -1.84. The maximum absolute atomic E-state index is 13.3. The van der Waals surface area contributed by atoms with Crippen molar-refractivity contribution >= 4 is 17.6 Å². The number of hydrogen-bond acceptors (Lipinski definition) is 2. The van der Waals surface area contributed by atoms with Crippen molar-refractivity contribution in [1.29, 1.82) is 0 Å². The Morgan fingerprint density at radius 3 is 2.48 bits per heavy atom. The van der Waals surface area contributed by atoms with Gasteiger partial charge in [0.15, 0.2) is 0 Å². The number of aliphatic carboxylic acids is 1. The lowest BCUT2D eigenvalue weighted by molar-refractivity contribution is -0.155. The molecule has 1 saturated carbocycles. The van der Waals surface area contributed by atoms with Gasteiger partial charge in [0.2, 0.25) is 5.91 Å². The fraction of sp³-hybridized carbons (Fsp3) is 0.579. The molecular weight excluding hydrogens is 290 g/mol. The van der Waals surface area contributed by atoms with E-state index < -0.39 is 16.8 Å². The van der Waals surface area contributed by atoms with Gasteiger partial charge in [-0.25, -0.2) is 0 Å². The van der Waals surface area contributed by atoms with Gasteiger partial charge in [-0.2, -0.15) is 0 Å². The number of carbonyl (C=O) groups is 2. The van der Waals surface area contributed by atoms with Crippen LogP contribution < -0.4 is 4.90 Å². The molecule has 1 aliphatic heterocycles. The summed E-state index contributed by atoms with van der Waals surface area (Å²) in [5, 5.41) is 9.66. The molecule has 1 aromatic rings. The number of anilines is 1. The lowest BCUT2D eigenvalue weighted by Crippen LogP contribution is -2.48. The second-order valence-corrected chi connectivity index (χ2v) is 7.84. The average molecular weight is 315 g/mol. The van der Waals surface area contributed by atoms with Crippen LogP contribution in [0.15, 0.2) is 24.3 Å². The van der Waals surface area contributed by atoms with Gasteiger partial charge in [0, 0.05) is 17.6 Å². The van der Waals surface area contributed by atoms with E-state index in [1.54, 1.807) is 6.92 Å². The van der Waals surface area contributed by atoms with Crippen LogP contribution in [0.1, 0.15) is 46.1 Å². The normalized spacial score (nSPS) is 31.9. The van der Waals surface area contributed by atoms with Crippen molar-refractivity contribution in [2.45, 2.75) is 53.0 Å². The predicted molar refractivity (Wildman–Crippen MR) is 89.3 cm³/mol. The van der Waals surface area contributed by atoms with E-state index in [4.69, 9.17) is 0 Å². The van der Waals surface area contributed by atoms with Crippen molar-refractivity contribution in [2.24, 2.45) is 16.7 Å². The van der Waals surface area contributed by atoms with Crippen LogP contribution >= 0.6 is 0 Å². The summed E-state index contributed by atoms with van der Waals surface area (Å²) in [5.74, 6) is -0.970. The van der Waals surface area contributed by atoms with Gasteiger partial charge in [0.25, 0.3) is 0 Å². The minimum Gasteiger partial charge on any atom is -0.481 e. The molecule has 1 amide bonds. The number of benzene rings is 1. The number of rotatable bonds is 2. The lowest BCUT2D eigenvalue weighted by atomic mass is 9.65. The Labute approximate surface area is 137 Å². The topological polar surface area (TPSA) is 57.6 Å². The third-order valence-corrected chi connectivity index (χ3v) is 6.44. The molecule has 4 heteroatoms. The Morgan fingerprint density at radius 2 is 1.87 bits per heavy atom. The molecule has 0 radical (unpaired) electrons. The van der Waals surface area contributed by atoms with Crippen LogP contribution in [0, 0.1) is 16.7 Å². The molecular formula is C19H25NO3. The molecule has 23 heavy (non-hydrogen) atoms. The van der Waals surface area contributed by atoms with E-state index in [-0.39, 0.29) is 17.9 Å². The first kappa shape index (κ1) is 16.0. The molecule has 4 nitrogen and oxygen atoms in total. The molecule has 0 saturated heterocycles. The summed E-state index contributed by atoms with van der Waals surface area (Å²) in [6.45, 7) is 7.72. The quantitative estimate of drug-likeness (QED) is 0.909. The zero-order valence-electron chi connectivity index (χ0n) is 14.3. The van der Waals surface area contributed by atoms with Crippen LogP contribution in [0.25, 0.3) is 0 Å². The molecule has 0 spiro atoms. The summed E-state index contributed by atoms with van der Waals surface area (Å²) in [4.78, 5) is 26.9. The molecule has 3 atom stereocenters. The second-order valence-electron chi connectivity index (χ2n) is 7.84. The Bertz CT molecular complexity index is 666. The van der Waals surface area contributed by atoms with Gasteiger partial charge in [-0.3, -0.25) is 9.59 Å². The Morgan fingerprint density at radius 1 is 1.22 bits per heavy atom. The highest BCUT2D eigenvalue weighted by molar-refractivity contribution is 5.99. The summed E-state index contributed by atoms with van der Waals surface area (Å²) < 4.78 is 0. The highest BCUT2D eigenvalue weighted by Crippen LogP contribution is 2.57. The third-order valence-electron chi connectivity index (χ3n) is 6.44. The first-order chi connectivity index (χ1) is 10.7. The van der Waals surface area contributed by atoms with Crippen molar-refractivity contribution in [3.63, 3.8) is 0 Å². The maximum Gasteiger partial charge on any atom is 0.309 e. The number of fused-ring (bicyclic) bond motifs is 1. The van der Waals surface area contributed by atoms with E-state index in [1.807, 2.05) is 36.9 Å². The fourth-order valence-electron chi connectivity index (χ4n) is 4.38. The minimum absolute atomic E-state index is 0.0809. The molecule has 1 aromatic carbocycles. The van der Waals surface area contributed by atoms with Gasteiger partial charge in [-0.05, 0) is 50.2 Å². The summed E-state index contributed by atoms with van der Waals surface area (Å²) >= 11 is 0. The molecule has 1 fully saturated rings. The number of carboxylic acids is 1. The van der Waals surface area contributed by atoms with Crippen molar-refractivity contribution < 1.29 is 14.7 Å². The molecule has 1 aliphatic carbocycles. The zero-order chi connectivity index (χ0) is 17.0. The van der Waals surface area contributed by atoms with E-state index in [2.05, 4.69) is 13.0 Å². The number of carbonyl (C=O) groups excluding carboxylic acids is 1. The van der Waals surface area contributed by atoms with Crippen LogP contribution in [0.3, 0.4) is 0 Å². The first-order valence-corrected chi connectivity index (χ1v) is 8.34.